The topological polar surface area (TPSA) is 94.5 Å². The van der Waals surface area contributed by atoms with Crippen LogP contribution in [0.15, 0.2) is 22.8 Å². The Kier molecular flexibility index (Phi) is 4.76. The molecule has 0 fully saturated rings. The van der Waals surface area contributed by atoms with Gasteiger partial charge in [0, 0.05) is 6.54 Å². The van der Waals surface area contributed by atoms with Crippen LogP contribution in [0, 0.1) is 11.3 Å². The summed E-state index contributed by atoms with van der Waals surface area (Å²) < 4.78 is 5.07. The van der Waals surface area contributed by atoms with E-state index in [1.165, 1.54) is 11.2 Å². The molecule has 6 heteroatoms. The van der Waals surface area contributed by atoms with Gasteiger partial charge in [-0.15, -0.1) is 0 Å². The van der Waals surface area contributed by atoms with Crippen molar-refractivity contribution in [3.05, 3.63) is 24.2 Å². The number of carboxylic acids is 1. The van der Waals surface area contributed by atoms with Gasteiger partial charge >= 0.3 is 5.97 Å². The zero-order valence-corrected chi connectivity index (χ0v) is 9.13. The Morgan fingerprint density at radius 2 is 2.29 bits per heavy atom. The standard InChI is InChI=1S/C11H12N2O4/c12-4-2-5-13(10(14)7-11(15)16)8-9-3-1-6-17-9/h1,3,6H,2,5,7-8H2,(H,15,16). The maximum atomic E-state index is 11.6. The maximum Gasteiger partial charge on any atom is 0.312 e. The first-order valence-electron chi connectivity index (χ1n) is 5.02. The van der Waals surface area contributed by atoms with E-state index in [1.807, 2.05) is 6.07 Å². The predicted octanol–water partition coefficient (Wildman–Crippen LogP) is 0.997. The normalized spacial score (nSPS) is 9.59. The lowest BCUT2D eigenvalue weighted by Gasteiger charge is -2.19. The molecule has 0 radical (unpaired) electrons. The largest absolute Gasteiger partial charge is 0.481 e. The quantitative estimate of drug-likeness (QED) is 0.743. The second kappa shape index (κ2) is 6.33. The lowest BCUT2D eigenvalue weighted by molar-refractivity contribution is -0.144. The van der Waals surface area contributed by atoms with E-state index in [4.69, 9.17) is 14.8 Å². The average Bonchev–Trinajstić information content (AvgIpc) is 2.75. The van der Waals surface area contributed by atoms with Gasteiger partial charge in [-0.1, -0.05) is 0 Å². The number of carboxylic acid groups (broad SMARTS) is 1. The summed E-state index contributed by atoms with van der Waals surface area (Å²) >= 11 is 0. The van der Waals surface area contributed by atoms with Crippen LogP contribution < -0.4 is 0 Å². The Bertz CT molecular complexity index is 419. The summed E-state index contributed by atoms with van der Waals surface area (Å²) in [5.74, 6) is -1.15. The zero-order valence-electron chi connectivity index (χ0n) is 9.13. The first-order valence-corrected chi connectivity index (χ1v) is 5.02. The van der Waals surface area contributed by atoms with Crippen molar-refractivity contribution in [2.24, 2.45) is 0 Å². The molecule has 0 aliphatic carbocycles. The molecule has 0 aromatic carbocycles. The minimum absolute atomic E-state index is 0.159. The van der Waals surface area contributed by atoms with Crippen molar-refractivity contribution in [3.63, 3.8) is 0 Å². The maximum absolute atomic E-state index is 11.6. The molecule has 1 amide bonds. The van der Waals surface area contributed by atoms with E-state index in [9.17, 15) is 9.59 Å². The molecule has 0 saturated carbocycles. The van der Waals surface area contributed by atoms with Crippen molar-refractivity contribution in [1.29, 1.82) is 5.26 Å². The van der Waals surface area contributed by atoms with Crippen molar-refractivity contribution >= 4 is 11.9 Å². The molecule has 0 bridgehead atoms. The third-order valence-electron chi connectivity index (χ3n) is 2.08. The van der Waals surface area contributed by atoms with Crippen molar-refractivity contribution in [2.75, 3.05) is 6.54 Å². The molecule has 17 heavy (non-hydrogen) atoms. The molecule has 0 aliphatic heterocycles. The molecule has 0 aliphatic rings. The second-order valence-corrected chi connectivity index (χ2v) is 3.37. The van der Waals surface area contributed by atoms with Gasteiger partial charge in [-0.05, 0) is 12.1 Å². The van der Waals surface area contributed by atoms with Crippen LogP contribution in [0.2, 0.25) is 0 Å². The van der Waals surface area contributed by atoms with E-state index < -0.39 is 18.3 Å². The lowest BCUT2D eigenvalue weighted by Crippen LogP contribution is -2.32. The molecular formula is C11H12N2O4. The number of hydrogen-bond donors (Lipinski definition) is 1. The number of nitriles is 1. The van der Waals surface area contributed by atoms with E-state index in [0.717, 1.165) is 0 Å². The fraction of sp³-hybridized carbons (Fsp3) is 0.364. The van der Waals surface area contributed by atoms with Crippen LogP contribution in [0.5, 0.6) is 0 Å². The Morgan fingerprint density at radius 1 is 1.53 bits per heavy atom. The number of amides is 1. The molecule has 0 atom stereocenters. The van der Waals surface area contributed by atoms with Crippen molar-refractivity contribution in [3.8, 4) is 6.07 Å². The summed E-state index contributed by atoms with van der Waals surface area (Å²) in [5.41, 5.74) is 0. The summed E-state index contributed by atoms with van der Waals surface area (Å²) in [5, 5.41) is 17.0. The minimum Gasteiger partial charge on any atom is -0.481 e. The van der Waals surface area contributed by atoms with Gasteiger partial charge in [0.15, 0.2) is 0 Å². The molecule has 1 aromatic rings. The van der Waals surface area contributed by atoms with E-state index in [1.54, 1.807) is 12.1 Å². The van der Waals surface area contributed by atoms with Gasteiger partial charge < -0.3 is 14.4 Å². The lowest BCUT2D eigenvalue weighted by atomic mass is 10.3. The van der Waals surface area contributed by atoms with Crippen LogP contribution in [0.4, 0.5) is 0 Å². The van der Waals surface area contributed by atoms with Crippen LogP contribution in [-0.4, -0.2) is 28.4 Å². The molecule has 6 nitrogen and oxygen atoms in total. The minimum atomic E-state index is -1.18. The highest BCUT2D eigenvalue weighted by atomic mass is 16.4. The van der Waals surface area contributed by atoms with E-state index >= 15 is 0 Å². The van der Waals surface area contributed by atoms with Crippen LogP contribution in [0.25, 0.3) is 0 Å². The first kappa shape index (κ1) is 12.8. The summed E-state index contributed by atoms with van der Waals surface area (Å²) in [6.45, 7) is 0.379. The van der Waals surface area contributed by atoms with Gasteiger partial charge in [-0.3, -0.25) is 9.59 Å². The first-order chi connectivity index (χ1) is 8.13. The van der Waals surface area contributed by atoms with E-state index in [0.29, 0.717) is 5.76 Å². The van der Waals surface area contributed by atoms with Crippen molar-refractivity contribution in [2.45, 2.75) is 19.4 Å². The fourth-order valence-corrected chi connectivity index (χ4v) is 1.31. The molecule has 0 unspecified atom stereocenters. The fourth-order valence-electron chi connectivity index (χ4n) is 1.31. The van der Waals surface area contributed by atoms with E-state index in [-0.39, 0.29) is 19.5 Å². The Hall–Kier alpha value is -2.29. The number of carbonyl (C=O) groups is 2. The van der Waals surface area contributed by atoms with Gasteiger partial charge in [0.2, 0.25) is 5.91 Å². The molecule has 1 heterocycles. The Labute approximate surface area is 98.1 Å². The number of furan rings is 1. The molecular weight excluding hydrogens is 224 g/mol. The summed E-state index contributed by atoms with van der Waals surface area (Å²) in [6.07, 6.45) is 1.05. The van der Waals surface area contributed by atoms with Gasteiger partial charge in [0.1, 0.15) is 12.2 Å². The molecule has 1 rings (SSSR count). The highest BCUT2D eigenvalue weighted by Gasteiger charge is 2.17. The van der Waals surface area contributed by atoms with Crippen molar-refractivity contribution in [1.82, 2.24) is 4.90 Å². The van der Waals surface area contributed by atoms with E-state index in [2.05, 4.69) is 0 Å². The number of aliphatic carboxylic acids is 1. The smallest absolute Gasteiger partial charge is 0.312 e. The van der Waals surface area contributed by atoms with Crippen LogP contribution in [-0.2, 0) is 16.1 Å². The predicted molar refractivity (Wildman–Crippen MR) is 56.6 cm³/mol. The van der Waals surface area contributed by atoms with Gasteiger partial charge in [0.05, 0.1) is 25.3 Å². The molecule has 1 aromatic heterocycles. The Balaban J connectivity index is 2.63. The highest BCUT2D eigenvalue weighted by molar-refractivity contribution is 5.93. The third kappa shape index (κ3) is 4.38. The van der Waals surface area contributed by atoms with Crippen LogP contribution in [0.3, 0.4) is 0 Å². The van der Waals surface area contributed by atoms with Crippen LogP contribution in [0.1, 0.15) is 18.6 Å². The summed E-state index contributed by atoms with van der Waals surface area (Å²) in [7, 11) is 0. The average molecular weight is 236 g/mol. The number of hydrogen-bond acceptors (Lipinski definition) is 4. The SMILES string of the molecule is N#CCCN(Cc1ccco1)C(=O)CC(=O)O. The number of nitrogens with zero attached hydrogens (tertiary/aromatic N) is 2. The molecule has 1 N–H and O–H groups in total. The molecule has 90 valence electrons. The number of carbonyl (C=O) groups excluding carboxylic acids is 1. The molecule has 0 saturated heterocycles. The van der Waals surface area contributed by atoms with Crippen LogP contribution >= 0.6 is 0 Å². The second-order valence-electron chi connectivity index (χ2n) is 3.37. The zero-order chi connectivity index (χ0) is 12.7. The van der Waals surface area contributed by atoms with Gasteiger partial charge in [-0.25, -0.2) is 0 Å². The van der Waals surface area contributed by atoms with Gasteiger partial charge in [0.25, 0.3) is 0 Å². The summed E-state index contributed by atoms with van der Waals surface area (Å²) in [4.78, 5) is 23.3. The monoisotopic (exact) mass is 236 g/mol. The highest BCUT2D eigenvalue weighted by Crippen LogP contribution is 2.07. The Morgan fingerprint density at radius 3 is 2.82 bits per heavy atom. The van der Waals surface area contributed by atoms with Gasteiger partial charge in [-0.2, -0.15) is 5.26 Å². The van der Waals surface area contributed by atoms with Crippen molar-refractivity contribution < 1.29 is 19.1 Å². The number of rotatable bonds is 6. The third-order valence-corrected chi connectivity index (χ3v) is 2.08. The summed E-state index contributed by atoms with van der Waals surface area (Å²) in [6, 6.07) is 5.28. The molecule has 0 spiro atoms.